The Labute approximate surface area is 133 Å². The molecule has 1 amide bonds. The molecule has 5 nitrogen and oxygen atoms in total. The van der Waals surface area contributed by atoms with Gasteiger partial charge in [0.05, 0.1) is 6.04 Å². The minimum Gasteiger partial charge on any atom is -0.465 e. The monoisotopic (exact) mass is 308 g/mol. The summed E-state index contributed by atoms with van der Waals surface area (Å²) in [5.41, 5.74) is 0. The first-order valence-corrected chi connectivity index (χ1v) is 8.35. The van der Waals surface area contributed by atoms with Crippen LogP contribution in [0.1, 0.15) is 50.7 Å². The van der Waals surface area contributed by atoms with Crippen LogP contribution in [-0.2, 0) is 9.53 Å². The van der Waals surface area contributed by atoms with E-state index in [1.165, 1.54) is 12.8 Å². The van der Waals surface area contributed by atoms with Crippen molar-refractivity contribution in [3.8, 4) is 0 Å². The average Bonchev–Trinajstić information content (AvgIpc) is 3.17. The van der Waals surface area contributed by atoms with Crippen molar-refractivity contribution in [2.24, 2.45) is 0 Å². The molecule has 1 aromatic rings. The van der Waals surface area contributed by atoms with Crippen molar-refractivity contribution in [1.82, 2.24) is 10.2 Å². The van der Waals surface area contributed by atoms with E-state index in [1.54, 1.807) is 0 Å². The van der Waals surface area contributed by atoms with E-state index < -0.39 is 0 Å². The fourth-order valence-electron chi connectivity index (χ4n) is 2.99. The van der Waals surface area contributed by atoms with Crippen LogP contribution in [0.25, 0.3) is 0 Å². The maximum absolute atomic E-state index is 12.2. The molecule has 1 saturated heterocycles. The van der Waals surface area contributed by atoms with E-state index in [0.29, 0.717) is 19.6 Å². The second-order valence-electron chi connectivity index (χ2n) is 5.80. The Kier molecular flexibility index (Phi) is 6.46. The zero-order valence-electron chi connectivity index (χ0n) is 13.9. The zero-order chi connectivity index (χ0) is 15.9. The van der Waals surface area contributed by atoms with E-state index in [2.05, 4.69) is 10.2 Å². The SMILES string of the molecule is CCOC(CC)C(=O)NCC(c1ccc(C)o1)N1CCCC1. The minimum absolute atomic E-state index is 0.0307. The summed E-state index contributed by atoms with van der Waals surface area (Å²) < 4.78 is 11.3. The first kappa shape index (κ1) is 17.0. The quantitative estimate of drug-likeness (QED) is 0.802. The van der Waals surface area contributed by atoms with Crippen molar-refractivity contribution >= 4 is 5.91 Å². The Balaban J connectivity index is 1.99. The van der Waals surface area contributed by atoms with E-state index in [-0.39, 0.29) is 18.1 Å². The van der Waals surface area contributed by atoms with E-state index >= 15 is 0 Å². The van der Waals surface area contributed by atoms with Crippen LogP contribution >= 0.6 is 0 Å². The van der Waals surface area contributed by atoms with Gasteiger partial charge in [-0.25, -0.2) is 0 Å². The van der Waals surface area contributed by atoms with Gasteiger partial charge in [-0.15, -0.1) is 0 Å². The third kappa shape index (κ3) is 4.34. The lowest BCUT2D eigenvalue weighted by Crippen LogP contribution is -2.41. The molecule has 124 valence electrons. The van der Waals surface area contributed by atoms with Crippen LogP contribution in [0.15, 0.2) is 16.5 Å². The lowest BCUT2D eigenvalue weighted by atomic mass is 10.2. The standard InChI is InChI=1S/C17H28N2O3/c1-4-15(21-5-2)17(20)18-12-14(19-10-6-7-11-19)16-9-8-13(3)22-16/h8-9,14-15H,4-7,10-12H2,1-3H3,(H,18,20). The molecule has 1 N–H and O–H groups in total. The highest BCUT2D eigenvalue weighted by molar-refractivity contribution is 5.80. The number of furan rings is 1. The molecule has 0 radical (unpaired) electrons. The van der Waals surface area contributed by atoms with E-state index in [1.807, 2.05) is 32.9 Å². The van der Waals surface area contributed by atoms with Gasteiger partial charge in [-0.05, 0) is 58.3 Å². The summed E-state index contributed by atoms with van der Waals surface area (Å²) >= 11 is 0. The molecular weight excluding hydrogens is 280 g/mol. The molecule has 2 unspecified atom stereocenters. The number of hydrogen-bond donors (Lipinski definition) is 1. The van der Waals surface area contributed by atoms with Crippen molar-refractivity contribution in [1.29, 1.82) is 0 Å². The van der Waals surface area contributed by atoms with E-state index in [0.717, 1.165) is 24.6 Å². The number of rotatable bonds is 8. The Morgan fingerprint density at radius 1 is 1.36 bits per heavy atom. The van der Waals surface area contributed by atoms with E-state index in [9.17, 15) is 4.79 Å². The van der Waals surface area contributed by atoms with Crippen LogP contribution in [0.5, 0.6) is 0 Å². The van der Waals surface area contributed by atoms with Crippen molar-refractivity contribution in [2.45, 2.75) is 52.2 Å². The van der Waals surface area contributed by atoms with Gasteiger partial charge in [-0.1, -0.05) is 6.92 Å². The maximum atomic E-state index is 12.2. The van der Waals surface area contributed by atoms with Gasteiger partial charge in [0.25, 0.3) is 0 Å². The molecule has 1 aliphatic heterocycles. The molecule has 0 bridgehead atoms. The third-order valence-corrected chi connectivity index (χ3v) is 4.17. The molecular formula is C17H28N2O3. The van der Waals surface area contributed by atoms with Crippen molar-refractivity contribution in [3.63, 3.8) is 0 Å². The summed E-state index contributed by atoms with van der Waals surface area (Å²) in [6, 6.07) is 4.11. The Morgan fingerprint density at radius 2 is 2.09 bits per heavy atom. The largest absolute Gasteiger partial charge is 0.465 e. The Bertz CT molecular complexity index is 466. The second kappa shape index (κ2) is 8.34. The number of nitrogens with zero attached hydrogens (tertiary/aromatic N) is 1. The summed E-state index contributed by atoms with van der Waals surface area (Å²) in [5, 5.41) is 3.04. The molecule has 2 heterocycles. The number of nitrogens with one attached hydrogen (secondary N) is 1. The summed E-state index contributed by atoms with van der Waals surface area (Å²) in [6.45, 7) is 9.06. The maximum Gasteiger partial charge on any atom is 0.249 e. The predicted octanol–water partition coefficient (Wildman–Crippen LogP) is 2.66. The molecule has 2 atom stereocenters. The molecule has 0 spiro atoms. The molecule has 0 aromatic carbocycles. The van der Waals surface area contributed by atoms with Crippen LogP contribution < -0.4 is 5.32 Å². The van der Waals surface area contributed by atoms with Crippen LogP contribution in [0.2, 0.25) is 0 Å². The topological polar surface area (TPSA) is 54.7 Å². The molecule has 1 aromatic heterocycles. The van der Waals surface area contributed by atoms with Crippen LogP contribution in [0, 0.1) is 6.92 Å². The van der Waals surface area contributed by atoms with Crippen LogP contribution in [0.3, 0.4) is 0 Å². The number of carbonyl (C=O) groups excluding carboxylic acids is 1. The van der Waals surface area contributed by atoms with Crippen LogP contribution in [0.4, 0.5) is 0 Å². The molecule has 22 heavy (non-hydrogen) atoms. The molecule has 0 aliphatic carbocycles. The number of likely N-dealkylation sites (tertiary alicyclic amines) is 1. The summed E-state index contributed by atoms with van der Waals surface area (Å²) in [5.74, 6) is 1.81. The molecule has 1 aliphatic rings. The predicted molar refractivity (Wildman–Crippen MR) is 85.7 cm³/mol. The van der Waals surface area contributed by atoms with Gasteiger partial charge in [0.1, 0.15) is 17.6 Å². The van der Waals surface area contributed by atoms with Gasteiger partial charge < -0.3 is 14.5 Å². The number of ether oxygens (including phenoxy) is 1. The minimum atomic E-state index is -0.359. The lowest BCUT2D eigenvalue weighted by molar-refractivity contribution is -0.133. The molecule has 2 rings (SSSR count). The normalized spacial score (nSPS) is 18.3. The van der Waals surface area contributed by atoms with Crippen LogP contribution in [-0.4, -0.2) is 43.2 Å². The van der Waals surface area contributed by atoms with Gasteiger partial charge in [0.15, 0.2) is 0 Å². The number of amides is 1. The average molecular weight is 308 g/mol. The molecule has 1 fully saturated rings. The first-order valence-electron chi connectivity index (χ1n) is 8.35. The summed E-state index contributed by atoms with van der Waals surface area (Å²) in [4.78, 5) is 14.6. The fourth-order valence-corrected chi connectivity index (χ4v) is 2.99. The van der Waals surface area contributed by atoms with Crippen molar-refractivity contribution in [3.05, 3.63) is 23.7 Å². The number of hydrogen-bond acceptors (Lipinski definition) is 4. The van der Waals surface area contributed by atoms with Gasteiger partial charge in [0.2, 0.25) is 5.91 Å². The lowest BCUT2D eigenvalue weighted by Gasteiger charge is -2.26. The Hall–Kier alpha value is -1.33. The summed E-state index contributed by atoms with van der Waals surface area (Å²) in [6.07, 6.45) is 2.75. The van der Waals surface area contributed by atoms with Gasteiger partial charge in [-0.3, -0.25) is 9.69 Å². The highest BCUT2D eigenvalue weighted by atomic mass is 16.5. The van der Waals surface area contributed by atoms with Crippen molar-refractivity contribution in [2.75, 3.05) is 26.2 Å². The second-order valence-corrected chi connectivity index (χ2v) is 5.80. The van der Waals surface area contributed by atoms with Gasteiger partial charge in [0, 0.05) is 13.2 Å². The summed E-state index contributed by atoms with van der Waals surface area (Å²) in [7, 11) is 0. The zero-order valence-corrected chi connectivity index (χ0v) is 13.9. The number of aryl methyl sites for hydroxylation is 1. The van der Waals surface area contributed by atoms with Crippen molar-refractivity contribution < 1.29 is 13.9 Å². The Morgan fingerprint density at radius 3 is 2.64 bits per heavy atom. The van der Waals surface area contributed by atoms with Gasteiger partial charge >= 0.3 is 0 Å². The molecule has 5 heteroatoms. The highest BCUT2D eigenvalue weighted by Gasteiger charge is 2.27. The fraction of sp³-hybridized carbons (Fsp3) is 0.706. The third-order valence-electron chi connectivity index (χ3n) is 4.17. The van der Waals surface area contributed by atoms with Gasteiger partial charge in [-0.2, -0.15) is 0 Å². The smallest absolute Gasteiger partial charge is 0.249 e. The van der Waals surface area contributed by atoms with E-state index in [4.69, 9.17) is 9.15 Å². The first-order chi connectivity index (χ1) is 10.7. The highest BCUT2D eigenvalue weighted by Crippen LogP contribution is 2.26. The molecule has 0 saturated carbocycles. The number of carbonyl (C=O) groups is 1.